The van der Waals surface area contributed by atoms with Crippen LogP contribution in [0.15, 0.2) is 46.0 Å². The summed E-state index contributed by atoms with van der Waals surface area (Å²) in [6, 6.07) is 2.45. The van der Waals surface area contributed by atoms with E-state index in [-0.39, 0.29) is 47.2 Å². The summed E-state index contributed by atoms with van der Waals surface area (Å²) in [5.41, 5.74) is 0.224. The number of piperidine rings is 1. The molecular formula is C20H18ClF3N4O3S. The van der Waals surface area contributed by atoms with Crippen molar-refractivity contribution in [3.05, 3.63) is 62.5 Å². The Balaban J connectivity index is 1.77. The number of aliphatic hydroxyl groups is 1. The maximum Gasteiger partial charge on any atom is 0.335 e. The van der Waals surface area contributed by atoms with Gasteiger partial charge in [-0.15, -0.1) is 11.3 Å². The van der Waals surface area contributed by atoms with Gasteiger partial charge in [-0.2, -0.15) is 0 Å². The standard InChI is InChI=1S/C20H18ClF3N4O3S/c21-12-7-10(22)1-2-11(12)16-15(19(30)31)13(26-17(27-16)18-25-4-6-32-18)8-28-5-3-14(29)20(23,24)9-28/h1-2,4,6-7,14,16,29H,3,5,8-9H2,(H,26,27)(H,30,31)/t14?,16-/m1/s1. The Morgan fingerprint density at radius 3 is 2.81 bits per heavy atom. The van der Waals surface area contributed by atoms with Crippen molar-refractivity contribution in [2.24, 2.45) is 4.99 Å². The van der Waals surface area contributed by atoms with Crippen molar-refractivity contribution >= 4 is 34.7 Å². The monoisotopic (exact) mass is 486 g/mol. The zero-order chi connectivity index (χ0) is 23.0. The predicted octanol–water partition coefficient (Wildman–Crippen LogP) is 3.07. The molecule has 2 atom stereocenters. The Kier molecular flexibility index (Phi) is 6.26. The van der Waals surface area contributed by atoms with E-state index < -0.39 is 36.4 Å². The largest absolute Gasteiger partial charge is 0.478 e. The molecule has 3 N–H and O–H groups in total. The average molecular weight is 487 g/mol. The number of halogens is 4. The Bertz CT molecular complexity index is 1090. The molecule has 3 heterocycles. The summed E-state index contributed by atoms with van der Waals surface area (Å²) < 4.78 is 41.7. The third kappa shape index (κ3) is 4.51. The maximum atomic E-state index is 14.1. The van der Waals surface area contributed by atoms with E-state index in [1.165, 1.54) is 22.3 Å². The van der Waals surface area contributed by atoms with Gasteiger partial charge >= 0.3 is 5.97 Å². The predicted molar refractivity (Wildman–Crippen MR) is 113 cm³/mol. The van der Waals surface area contributed by atoms with E-state index in [2.05, 4.69) is 15.3 Å². The summed E-state index contributed by atoms with van der Waals surface area (Å²) in [6.45, 7) is -0.720. The number of likely N-dealkylation sites (tertiary alicyclic amines) is 1. The van der Waals surface area contributed by atoms with E-state index in [0.29, 0.717) is 5.01 Å². The minimum atomic E-state index is -3.32. The van der Waals surface area contributed by atoms with Crippen molar-refractivity contribution in [1.82, 2.24) is 15.2 Å². The number of hydrogen-bond donors (Lipinski definition) is 3. The molecule has 1 aromatic carbocycles. The molecule has 1 saturated heterocycles. The number of aliphatic hydroxyl groups excluding tert-OH is 1. The molecule has 2 aromatic rings. The highest BCUT2D eigenvalue weighted by Crippen LogP contribution is 2.37. The first-order valence-electron chi connectivity index (χ1n) is 9.60. The van der Waals surface area contributed by atoms with Crippen molar-refractivity contribution in [2.45, 2.75) is 24.5 Å². The van der Waals surface area contributed by atoms with E-state index in [0.717, 1.165) is 12.1 Å². The number of benzene rings is 1. The van der Waals surface area contributed by atoms with Gasteiger partial charge in [0.25, 0.3) is 5.92 Å². The van der Waals surface area contributed by atoms with Crippen LogP contribution in [0.5, 0.6) is 0 Å². The Labute approximate surface area is 189 Å². The third-order valence-corrected chi connectivity index (χ3v) is 6.38. The lowest BCUT2D eigenvalue weighted by atomic mass is 9.94. The van der Waals surface area contributed by atoms with E-state index in [9.17, 15) is 28.2 Å². The lowest BCUT2D eigenvalue weighted by Crippen LogP contribution is -2.53. The van der Waals surface area contributed by atoms with Gasteiger partial charge in [-0.1, -0.05) is 17.7 Å². The molecule has 1 fully saturated rings. The number of nitrogens with zero attached hydrogens (tertiary/aromatic N) is 3. The minimum absolute atomic E-state index is 0.00938. The Morgan fingerprint density at radius 2 is 2.19 bits per heavy atom. The van der Waals surface area contributed by atoms with Gasteiger partial charge in [0, 0.05) is 40.9 Å². The molecule has 0 bridgehead atoms. The van der Waals surface area contributed by atoms with Gasteiger partial charge in [0.1, 0.15) is 18.0 Å². The smallest absolute Gasteiger partial charge is 0.335 e. The van der Waals surface area contributed by atoms with Crippen molar-refractivity contribution in [3.8, 4) is 0 Å². The van der Waals surface area contributed by atoms with E-state index in [4.69, 9.17) is 11.6 Å². The van der Waals surface area contributed by atoms with E-state index in [1.54, 1.807) is 11.6 Å². The number of rotatable bonds is 5. The van der Waals surface area contributed by atoms with Crippen molar-refractivity contribution < 1.29 is 28.2 Å². The summed E-state index contributed by atoms with van der Waals surface area (Å²) >= 11 is 7.46. The normalized spacial score (nSPS) is 23.6. The number of nitrogens with one attached hydrogen (secondary N) is 1. The number of aliphatic carboxylic acids is 1. The summed E-state index contributed by atoms with van der Waals surface area (Å²) in [6.07, 6.45) is -0.347. The molecular weight excluding hydrogens is 469 g/mol. The number of carbonyl (C=O) groups is 1. The molecule has 170 valence electrons. The van der Waals surface area contributed by atoms with Gasteiger partial charge in [-0.05, 0) is 18.6 Å². The first-order valence-corrected chi connectivity index (χ1v) is 10.9. The van der Waals surface area contributed by atoms with Gasteiger partial charge in [0.05, 0.1) is 12.1 Å². The van der Waals surface area contributed by atoms with Gasteiger partial charge in [0.15, 0.2) is 10.8 Å². The summed E-state index contributed by atoms with van der Waals surface area (Å²) in [4.78, 5) is 22.3. The topological polar surface area (TPSA) is 98.0 Å². The van der Waals surface area contributed by atoms with Crippen LogP contribution in [-0.4, -0.2) is 63.6 Å². The Morgan fingerprint density at radius 1 is 1.41 bits per heavy atom. The summed E-state index contributed by atoms with van der Waals surface area (Å²) in [7, 11) is 0. The second-order valence-electron chi connectivity index (χ2n) is 7.48. The van der Waals surface area contributed by atoms with Crippen molar-refractivity contribution in [2.75, 3.05) is 19.6 Å². The second-order valence-corrected chi connectivity index (χ2v) is 8.78. The fourth-order valence-corrected chi connectivity index (χ4v) is 4.58. The highest BCUT2D eigenvalue weighted by Gasteiger charge is 2.44. The van der Waals surface area contributed by atoms with E-state index >= 15 is 0 Å². The quantitative estimate of drug-likeness (QED) is 0.601. The van der Waals surface area contributed by atoms with Crippen LogP contribution >= 0.6 is 22.9 Å². The summed E-state index contributed by atoms with van der Waals surface area (Å²) in [5.74, 6) is -4.97. The van der Waals surface area contributed by atoms with Crippen LogP contribution in [0.2, 0.25) is 5.02 Å². The molecule has 1 unspecified atom stereocenters. The molecule has 7 nitrogen and oxygen atoms in total. The molecule has 12 heteroatoms. The van der Waals surface area contributed by atoms with Crippen molar-refractivity contribution in [1.29, 1.82) is 0 Å². The van der Waals surface area contributed by atoms with Gasteiger partial charge in [-0.25, -0.2) is 22.9 Å². The van der Waals surface area contributed by atoms with Gasteiger partial charge < -0.3 is 15.5 Å². The van der Waals surface area contributed by atoms with Crippen LogP contribution in [-0.2, 0) is 4.79 Å². The molecule has 2 aliphatic heterocycles. The van der Waals surface area contributed by atoms with Crippen molar-refractivity contribution in [3.63, 3.8) is 0 Å². The lowest BCUT2D eigenvalue weighted by molar-refractivity contribution is -0.148. The third-order valence-electron chi connectivity index (χ3n) is 5.27. The first kappa shape index (κ1) is 22.7. The lowest BCUT2D eigenvalue weighted by Gasteiger charge is -2.37. The number of carboxylic acids is 1. The molecule has 4 rings (SSSR count). The fraction of sp³-hybridized carbons (Fsp3) is 0.350. The van der Waals surface area contributed by atoms with Crippen LogP contribution in [0.4, 0.5) is 13.2 Å². The number of thiazole rings is 1. The number of carboxylic acid groups (broad SMARTS) is 1. The molecule has 0 aliphatic carbocycles. The van der Waals surface area contributed by atoms with Crippen LogP contribution in [0.25, 0.3) is 0 Å². The van der Waals surface area contributed by atoms with E-state index in [1.807, 2.05) is 0 Å². The zero-order valence-electron chi connectivity index (χ0n) is 16.4. The minimum Gasteiger partial charge on any atom is -0.478 e. The molecule has 0 spiro atoms. The van der Waals surface area contributed by atoms with Crippen LogP contribution in [0.1, 0.15) is 23.0 Å². The van der Waals surface area contributed by atoms with Gasteiger partial charge in [0.2, 0.25) is 0 Å². The molecule has 2 aliphatic rings. The summed E-state index contributed by atoms with van der Waals surface area (Å²) in [5, 5.41) is 24.6. The van der Waals surface area contributed by atoms with Crippen LogP contribution in [0, 0.1) is 5.82 Å². The number of hydrogen-bond acceptors (Lipinski definition) is 7. The van der Waals surface area contributed by atoms with Crippen LogP contribution < -0.4 is 5.32 Å². The number of alkyl halides is 2. The second kappa shape index (κ2) is 8.81. The molecule has 0 amide bonds. The van der Waals surface area contributed by atoms with Crippen LogP contribution in [0.3, 0.4) is 0 Å². The molecule has 32 heavy (non-hydrogen) atoms. The SMILES string of the molecule is O=C(O)C1=C(CN2CCC(O)C(F)(F)C2)NC(c2nccs2)=N[C@@H]1c1ccc(F)cc1Cl. The number of amidine groups is 1. The van der Waals surface area contributed by atoms with Gasteiger partial charge in [-0.3, -0.25) is 9.89 Å². The molecule has 1 aromatic heterocycles. The zero-order valence-corrected chi connectivity index (χ0v) is 18.0. The number of aromatic nitrogens is 1. The maximum absolute atomic E-state index is 14.1. The highest BCUT2D eigenvalue weighted by molar-refractivity contribution is 7.11. The Hall–Kier alpha value is -2.47. The molecule has 0 radical (unpaired) electrons. The highest BCUT2D eigenvalue weighted by atomic mass is 35.5. The number of aliphatic imine (C=N–C) groups is 1. The first-order chi connectivity index (χ1) is 15.2. The average Bonchev–Trinajstić information content (AvgIpc) is 3.25. The molecule has 0 saturated carbocycles. The fourth-order valence-electron chi connectivity index (χ4n) is 3.73.